The minimum atomic E-state index is -0.0437. The lowest BCUT2D eigenvalue weighted by Gasteiger charge is -2.40. The lowest BCUT2D eigenvalue weighted by molar-refractivity contribution is -0.0546. The van der Waals surface area contributed by atoms with E-state index >= 15 is 0 Å². The van der Waals surface area contributed by atoms with Gasteiger partial charge in [0.05, 0.1) is 5.60 Å². The minimum Gasteiger partial charge on any atom is -0.375 e. The largest absolute Gasteiger partial charge is 0.375 e. The van der Waals surface area contributed by atoms with Gasteiger partial charge in [0, 0.05) is 25.4 Å². The Morgan fingerprint density at radius 2 is 2.25 bits per heavy atom. The second-order valence-corrected chi connectivity index (χ2v) is 5.02. The zero-order chi connectivity index (χ0) is 11.8. The molecule has 0 amide bonds. The predicted octanol–water partition coefficient (Wildman–Crippen LogP) is 3.84. The standard InChI is InChI=1S/C15H21O/c1-5-16-15(4)10-14-9-13(12(15)3)8-6-7-11(14)2/h6-9,12H,5,10H2,1-4H3. The monoisotopic (exact) mass is 217 g/mol. The van der Waals surface area contributed by atoms with E-state index in [0.717, 1.165) is 13.0 Å². The summed E-state index contributed by atoms with van der Waals surface area (Å²) in [6.07, 6.45) is 9.93. The Balaban J connectivity index is 2.39. The first-order valence-electron chi connectivity index (χ1n) is 6.13. The van der Waals surface area contributed by atoms with E-state index in [4.69, 9.17) is 4.74 Å². The average molecular weight is 217 g/mol. The molecule has 0 aromatic carbocycles. The van der Waals surface area contributed by atoms with Gasteiger partial charge in [-0.1, -0.05) is 30.7 Å². The van der Waals surface area contributed by atoms with Crippen molar-refractivity contribution >= 4 is 0 Å². The lowest BCUT2D eigenvalue weighted by atomic mass is 9.74. The maximum atomic E-state index is 6.00. The summed E-state index contributed by atoms with van der Waals surface area (Å²) in [6, 6.07) is 0. The van der Waals surface area contributed by atoms with Crippen molar-refractivity contribution in [3.8, 4) is 0 Å². The number of ether oxygens (including phenoxy) is 1. The van der Waals surface area contributed by atoms with Gasteiger partial charge in [-0.25, -0.2) is 0 Å². The maximum Gasteiger partial charge on any atom is 0.0757 e. The van der Waals surface area contributed by atoms with Gasteiger partial charge in [0.1, 0.15) is 0 Å². The van der Waals surface area contributed by atoms with Gasteiger partial charge < -0.3 is 4.74 Å². The predicted molar refractivity (Wildman–Crippen MR) is 68.0 cm³/mol. The Labute approximate surface area is 98.9 Å². The zero-order valence-corrected chi connectivity index (χ0v) is 10.7. The van der Waals surface area contributed by atoms with Gasteiger partial charge >= 0.3 is 0 Å². The first-order valence-corrected chi connectivity index (χ1v) is 6.13. The third-order valence-electron chi connectivity index (χ3n) is 3.91. The van der Waals surface area contributed by atoms with Crippen molar-refractivity contribution < 1.29 is 4.74 Å². The molecular weight excluding hydrogens is 196 g/mol. The Morgan fingerprint density at radius 3 is 2.94 bits per heavy atom. The highest BCUT2D eigenvalue weighted by atomic mass is 16.5. The van der Waals surface area contributed by atoms with Gasteiger partial charge in [0.15, 0.2) is 0 Å². The first-order chi connectivity index (χ1) is 7.57. The van der Waals surface area contributed by atoms with E-state index < -0.39 is 0 Å². The summed E-state index contributed by atoms with van der Waals surface area (Å²) in [5.74, 6) is 0.465. The summed E-state index contributed by atoms with van der Waals surface area (Å²) in [5, 5.41) is 0. The van der Waals surface area contributed by atoms with E-state index in [9.17, 15) is 0 Å². The molecule has 0 aromatic rings. The highest BCUT2D eigenvalue weighted by Gasteiger charge is 2.38. The Hall–Kier alpha value is -0.820. The van der Waals surface area contributed by atoms with Crippen molar-refractivity contribution in [1.29, 1.82) is 0 Å². The van der Waals surface area contributed by atoms with Crippen LogP contribution in [0.4, 0.5) is 0 Å². The van der Waals surface area contributed by atoms with Gasteiger partial charge in [-0.15, -0.1) is 0 Å². The number of allylic oxidation sites excluding steroid dienone is 4. The molecule has 2 bridgehead atoms. The summed E-state index contributed by atoms with van der Waals surface area (Å²) in [6.45, 7) is 9.55. The molecular formula is C15H21O. The van der Waals surface area contributed by atoms with Crippen LogP contribution in [0, 0.1) is 12.3 Å². The molecule has 0 N–H and O–H groups in total. The van der Waals surface area contributed by atoms with E-state index in [2.05, 4.69) is 52.3 Å². The number of fused-ring (bicyclic) bond motifs is 1. The van der Waals surface area contributed by atoms with Crippen molar-refractivity contribution in [2.75, 3.05) is 6.61 Å². The molecule has 2 rings (SSSR count). The van der Waals surface area contributed by atoms with Crippen LogP contribution < -0.4 is 0 Å². The fourth-order valence-corrected chi connectivity index (χ4v) is 2.62. The molecule has 2 aliphatic rings. The van der Waals surface area contributed by atoms with Crippen LogP contribution in [0.2, 0.25) is 0 Å². The SMILES string of the molecule is CCOC1(C)CC2=C(C)C=C[CH]C(=C2)C1C. The van der Waals surface area contributed by atoms with Gasteiger partial charge in [0.2, 0.25) is 0 Å². The van der Waals surface area contributed by atoms with Crippen molar-refractivity contribution in [3.63, 3.8) is 0 Å². The van der Waals surface area contributed by atoms with Gasteiger partial charge in [-0.3, -0.25) is 0 Å². The summed E-state index contributed by atoms with van der Waals surface area (Å²) in [5.41, 5.74) is 4.14. The maximum absolute atomic E-state index is 6.00. The Kier molecular flexibility index (Phi) is 3.07. The molecule has 2 atom stereocenters. The number of hydrogen-bond acceptors (Lipinski definition) is 1. The third-order valence-corrected chi connectivity index (χ3v) is 3.91. The topological polar surface area (TPSA) is 9.23 Å². The second kappa shape index (κ2) is 4.21. The van der Waals surface area contributed by atoms with Crippen LogP contribution in [-0.2, 0) is 4.74 Å². The van der Waals surface area contributed by atoms with Crippen LogP contribution >= 0.6 is 0 Å². The number of hydrogen-bond donors (Lipinski definition) is 0. The molecule has 2 unspecified atom stereocenters. The van der Waals surface area contributed by atoms with Gasteiger partial charge in [0.25, 0.3) is 0 Å². The minimum absolute atomic E-state index is 0.0437. The summed E-state index contributed by atoms with van der Waals surface area (Å²) < 4.78 is 6.00. The normalized spacial score (nSPS) is 33.8. The van der Waals surface area contributed by atoms with Crippen molar-refractivity contribution in [2.24, 2.45) is 5.92 Å². The molecule has 0 aromatic heterocycles. The average Bonchev–Trinajstić information content (AvgIpc) is 2.38. The molecule has 1 radical (unpaired) electrons. The molecule has 0 saturated carbocycles. The zero-order valence-electron chi connectivity index (χ0n) is 10.7. The molecule has 0 aliphatic heterocycles. The molecule has 0 saturated heterocycles. The molecule has 16 heavy (non-hydrogen) atoms. The fraction of sp³-hybridized carbons (Fsp3) is 0.533. The van der Waals surface area contributed by atoms with Crippen LogP contribution in [0.15, 0.2) is 34.9 Å². The van der Waals surface area contributed by atoms with Gasteiger partial charge in [-0.05, 0) is 31.9 Å². The molecule has 87 valence electrons. The highest BCUT2D eigenvalue weighted by Crippen LogP contribution is 2.42. The van der Waals surface area contributed by atoms with E-state index in [1.165, 1.54) is 16.7 Å². The fourth-order valence-electron chi connectivity index (χ4n) is 2.62. The first kappa shape index (κ1) is 11.7. The van der Waals surface area contributed by atoms with E-state index in [1.54, 1.807) is 0 Å². The molecule has 1 nitrogen and oxygen atoms in total. The van der Waals surface area contributed by atoms with Crippen molar-refractivity contribution in [2.45, 2.75) is 39.7 Å². The van der Waals surface area contributed by atoms with Crippen LogP contribution in [0.5, 0.6) is 0 Å². The van der Waals surface area contributed by atoms with Crippen LogP contribution in [0.1, 0.15) is 34.1 Å². The van der Waals surface area contributed by atoms with Gasteiger partial charge in [-0.2, -0.15) is 0 Å². The second-order valence-electron chi connectivity index (χ2n) is 5.02. The molecule has 1 heteroatoms. The molecule has 0 fully saturated rings. The van der Waals surface area contributed by atoms with E-state index in [0.29, 0.717) is 5.92 Å². The molecule has 0 heterocycles. The van der Waals surface area contributed by atoms with Crippen LogP contribution in [-0.4, -0.2) is 12.2 Å². The highest BCUT2D eigenvalue weighted by molar-refractivity contribution is 5.47. The Morgan fingerprint density at radius 1 is 1.50 bits per heavy atom. The quantitative estimate of drug-likeness (QED) is 0.683. The van der Waals surface area contributed by atoms with Crippen LogP contribution in [0.25, 0.3) is 0 Å². The number of rotatable bonds is 2. The molecule has 2 aliphatic carbocycles. The Bertz CT molecular complexity index is 373. The smallest absolute Gasteiger partial charge is 0.0757 e. The van der Waals surface area contributed by atoms with E-state index in [-0.39, 0.29) is 5.60 Å². The third kappa shape index (κ3) is 1.89. The summed E-state index contributed by atoms with van der Waals surface area (Å²) in [4.78, 5) is 0. The summed E-state index contributed by atoms with van der Waals surface area (Å²) in [7, 11) is 0. The van der Waals surface area contributed by atoms with Crippen LogP contribution in [0.3, 0.4) is 0 Å². The lowest BCUT2D eigenvalue weighted by Crippen LogP contribution is -2.40. The van der Waals surface area contributed by atoms with Crippen molar-refractivity contribution in [1.82, 2.24) is 0 Å². The van der Waals surface area contributed by atoms with Crippen molar-refractivity contribution in [3.05, 3.63) is 41.4 Å². The molecule has 0 spiro atoms. The summed E-state index contributed by atoms with van der Waals surface area (Å²) >= 11 is 0. The van der Waals surface area contributed by atoms with E-state index in [1.807, 2.05) is 0 Å².